The van der Waals surface area contributed by atoms with E-state index in [0.717, 1.165) is 0 Å². The molecular weight excluding hydrogens is 288 g/mol. The number of hydrogen-bond acceptors (Lipinski definition) is 0. The first kappa shape index (κ1) is 21.0. The Bertz CT molecular complexity index is 470. The zero-order valence-electron chi connectivity index (χ0n) is 17.1. The van der Waals surface area contributed by atoms with E-state index in [1.54, 1.807) is 0 Å². The first-order valence-corrected chi connectivity index (χ1v) is 9.95. The van der Waals surface area contributed by atoms with Gasteiger partial charge in [-0.1, -0.05) is 83.7 Å². The highest BCUT2D eigenvalue weighted by molar-refractivity contribution is 5.27. The maximum Gasteiger partial charge on any atom is -0.00902 e. The molecule has 0 bridgehead atoms. The van der Waals surface area contributed by atoms with Crippen LogP contribution in [0.15, 0.2) is 36.4 Å². The van der Waals surface area contributed by atoms with Crippen molar-refractivity contribution in [1.82, 2.24) is 0 Å². The molecule has 24 heavy (non-hydrogen) atoms. The maximum absolute atomic E-state index is 3.97. The molecule has 0 aliphatic heterocycles. The van der Waals surface area contributed by atoms with Gasteiger partial charge in [-0.3, -0.25) is 0 Å². The van der Waals surface area contributed by atoms with Gasteiger partial charge in [-0.2, -0.15) is 0 Å². The number of aryl methyl sites for hydroxylation is 1. The summed E-state index contributed by atoms with van der Waals surface area (Å²) in [5.41, 5.74) is 4.64. The fourth-order valence-corrected chi connectivity index (χ4v) is 4.06. The number of benzene rings is 1. The molecule has 0 heteroatoms. The van der Waals surface area contributed by atoms with E-state index in [-0.39, 0.29) is 0 Å². The molecule has 1 aromatic carbocycles. The van der Waals surface area contributed by atoms with Crippen LogP contribution in [0.1, 0.15) is 97.1 Å². The van der Waals surface area contributed by atoms with Crippen molar-refractivity contribution in [2.75, 3.05) is 0 Å². The molecule has 0 spiro atoms. The Balaban J connectivity index is 2.41. The van der Waals surface area contributed by atoms with Crippen molar-refractivity contribution < 1.29 is 0 Å². The quantitative estimate of drug-likeness (QED) is 0.302. The van der Waals surface area contributed by atoms with E-state index in [1.165, 1.54) is 61.6 Å². The molecule has 1 rings (SSSR count). The average Bonchev–Trinajstić information content (AvgIpc) is 2.45. The lowest BCUT2D eigenvalue weighted by atomic mass is 9.70. The van der Waals surface area contributed by atoms with Crippen molar-refractivity contribution in [3.05, 3.63) is 47.5 Å². The monoisotopic (exact) mass is 328 g/mol. The molecule has 1 aromatic rings. The fourth-order valence-electron chi connectivity index (χ4n) is 4.06. The molecule has 136 valence electrons. The van der Waals surface area contributed by atoms with Gasteiger partial charge in [-0.15, -0.1) is 6.58 Å². The van der Waals surface area contributed by atoms with Gasteiger partial charge in [0.1, 0.15) is 0 Å². The second-order valence-corrected chi connectivity index (χ2v) is 9.05. The molecule has 0 saturated carbocycles. The van der Waals surface area contributed by atoms with Gasteiger partial charge >= 0.3 is 0 Å². The minimum Gasteiger partial charge on any atom is -0.100 e. The molecule has 0 heterocycles. The van der Waals surface area contributed by atoms with E-state index in [9.17, 15) is 0 Å². The molecule has 0 nitrogen and oxygen atoms in total. The highest BCUT2D eigenvalue weighted by atomic mass is 14.3. The van der Waals surface area contributed by atoms with Gasteiger partial charge < -0.3 is 0 Å². The Morgan fingerprint density at radius 2 is 1.46 bits per heavy atom. The molecule has 0 amide bonds. The number of rotatable bonds is 10. The van der Waals surface area contributed by atoms with Crippen LogP contribution in [-0.2, 0) is 6.42 Å². The highest BCUT2D eigenvalue weighted by Crippen LogP contribution is 2.40. The predicted octanol–water partition coefficient (Wildman–Crippen LogP) is 7.93. The summed E-state index contributed by atoms with van der Waals surface area (Å²) in [6.45, 7) is 17.9. The van der Waals surface area contributed by atoms with Gasteiger partial charge in [0, 0.05) is 0 Å². The van der Waals surface area contributed by atoms with Crippen LogP contribution in [0.4, 0.5) is 0 Å². The molecule has 0 fully saturated rings. The zero-order chi connectivity index (χ0) is 18.2. The Morgan fingerprint density at radius 3 is 1.96 bits per heavy atom. The summed E-state index contributed by atoms with van der Waals surface area (Å²) in [4.78, 5) is 0. The summed E-state index contributed by atoms with van der Waals surface area (Å²) < 4.78 is 0. The third-order valence-corrected chi connectivity index (χ3v) is 5.01. The molecule has 1 unspecified atom stereocenters. The number of hydrogen-bond donors (Lipinski definition) is 0. The summed E-state index contributed by atoms with van der Waals surface area (Å²) >= 11 is 0. The van der Waals surface area contributed by atoms with Crippen molar-refractivity contribution >= 4 is 0 Å². The first-order chi connectivity index (χ1) is 11.2. The lowest BCUT2D eigenvalue weighted by Gasteiger charge is -2.34. The Kier molecular flexibility index (Phi) is 8.81. The SMILES string of the molecule is C=C(C)CCCCCCCc1ccc(C(C(C)C)C(C)(C)C)cc1. The van der Waals surface area contributed by atoms with Crippen LogP contribution in [-0.4, -0.2) is 0 Å². The average molecular weight is 329 g/mol. The van der Waals surface area contributed by atoms with Gasteiger partial charge in [0.25, 0.3) is 0 Å². The molecule has 1 atom stereocenters. The third kappa shape index (κ3) is 7.69. The van der Waals surface area contributed by atoms with Crippen LogP contribution in [0, 0.1) is 11.3 Å². The summed E-state index contributed by atoms with van der Waals surface area (Å²) in [6.07, 6.45) is 9.13. The number of allylic oxidation sites excluding steroid dienone is 1. The predicted molar refractivity (Wildman–Crippen MR) is 110 cm³/mol. The van der Waals surface area contributed by atoms with Crippen molar-refractivity contribution in [1.29, 1.82) is 0 Å². The van der Waals surface area contributed by atoms with E-state index < -0.39 is 0 Å². The van der Waals surface area contributed by atoms with Crippen molar-refractivity contribution in [2.24, 2.45) is 11.3 Å². The minimum atomic E-state index is 0.319. The lowest BCUT2D eigenvalue weighted by Crippen LogP contribution is -2.23. The Labute approximate surface area is 151 Å². The molecule has 0 saturated heterocycles. The smallest absolute Gasteiger partial charge is 0.00902 e. The van der Waals surface area contributed by atoms with Crippen molar-refractivity contribution in [3.8, 4) is 0 Å². The maximum atomic E-state index is 3.97. The molecule has 0 aliphatic carbocycles. The molecular formula is C24H40. The first-order valence-electron chi connectivity index (χ1n) is 9.95. The van der Waals surface area contributed by atoms with Crippen LogP contribution in [0.25, 0.3) is 0 Å². The normalized spacial score (nSPS) is 13.3. The topological polar surface area (TPSA) is 0 Å². The van der Waals surface area contributed by atoms with Crippen LogP contribution in [0.2, 0.25) is 0 Å². The Morgan fingerprint density at radius 1 is 0.917 bits per heavy atom. The largest absolute Gasteiger partial charge is 0.100 e. The molecule has 0 N–H and O–H groups in total. The molecule has 0 radical (unpaired) electrons. The van der Waals surface area contributed by atoms with E-state index in [0.29, 0.717) is 17.3 Å². The summed E-state index contributed by atoms with van der Waals surface area (Å²) in [5, 5.41) is 0. The third-order valence-electron chi connectivity index (χ3n) is 5.01. The standard InChI is InChI=1S/C24H40/c1-19(2)13-11-9-8-10-12-14-21-15-17-22(18-16-21)23(20(3)4)24(5,6)7/h15-18,20,23H,1,8-14H2,2-7H3. The van der Waals surface area contributed by atoms with Gasteiger partial charge in [0.15, 0.2) is 0 Å². The summed E-state index contributed by atoms with van der Waals surface area (Å²) in [5.74, 6) is 1.30. The lowest BCUT2D eigenvalue weighted by molar-refractivity contribution is 0.258. The van der Waals surface area contributed by atoms with Crippen molar-refractivity contribution in [2.45, 2.75) is 92.4 Å². The van der Waals surface area contributed by atoms with Gasteiger partial charge in [-0.25, -0.2) is 0 Å². The minimum absolute atomic E-state index is 0.319. The van der Waals surface area contributed by atoms with Gasteiger partial charge in [-0.05, 0) is 61.0 Å². The van der Waals surface area contributed by atoms with Gasteiger partial charge in [0.2, 0.25) is 0 Å². The zero-order valence-corrected chi connectivity index (χ0v) is 17.1. The summed E-state index contributed by atoms with van der Waals surface area (Å²) in [7, 11) is 0. The van der Waals surface area contributed by atoms with Crippen LogP contribution < -0.4 is 0 Å². The fraction of sp³-hybridized carbons (Fsp3) is 0.667. The van der Waals surface area contributed by atoms with Gasteiger partial charge in [0.05, 0.1) is 0 Å². The van der Waals surface area contributed by atoms with E-state index in [4.69, 9.17) is 0 Å². The molecule has 0 aliphatic rings. The van der Waals surface area contributed by atoms with Crippen LogP contribution in [0.3, 0.4) is 0 Å². The number of unbranched alkanes of at least 4 members (excludes halogenated alkanes) is 4. The van der Waals surface area contributed by atoms with E-state index in [1.807, 2.05) is 0 Å². The second kappa shape index (κ2) is 10.1. The summed E-state index contributed by atoms with van der Waals surface area (Å²) in [6, 6.07) is 9.46. The second-order valence-electron chi connectivity index (χ2n) is 9.05. The highest BCUT2D eigenvalue weighted by Gasteiger charge is 2.28. The van der Waals surface area contributed by atoms with E-state index in [2.05, 4.69) is 72.4 Å². The van der Waals surface area contributed by atoms with E-state index >= 15 is 0 Å². The van der Waals surface area contributed by atoms with Crippen LogP contribution >= 0.6 is 0 Å². The molecule has 0 aromatic heterocycles. The van der Waals surface area contributed by atoms with Crippen LogP contribution in [0.5, 0.6) is 0 Å². The van der Waals surface area contributed by atoms with Crippen molar-refractivity contribution in [3.63, 3.8) is 0 Å². The Hall–Kier alpha value is -1.04.